The van der Waals surface area contributed by atoms with E-state index < -0.39 is 11.0 Å². The van der Waals surface area contributed by atoms with Gasteiger partial charge >= 0.3 is 0 Å². The van der Waals surface area contributed by atoms with Crippen LogP contribution in [0.1, 0.15) is 43.9 Å². The van der Waals surface area contributed by atoms with Crippen molar-refractivity contribution < 1.29 is 9.59 Å². The molecule has 4 rings (SSSR count). The van der Waals surface area contributed by atoms with E-state index in [1.165, 1.54) is 0 Å². The van der Waals surface area contributed by atoms with Crippen LogP contribution in [0.3, 0.4) is 0 Å². The molecule has 9 nitrogen and oxygen atoms in total. The number of likely N-dealkylation sites (tertiary alicyclic amines) is 1. The predicted molar refractivity (Wildman–Crippen MR) is 107 cm³/mol. The molecule has 9 heteroatoms. The second-order valence-corrected chi connectivity index (χ2v) is 7.60. The molecule has 1 aromatic heterocycles. The molecule has 1 fully saturated rings. The Kier molecular flexibility index (Phi) is 4.81. The minimum absolute atomic E-state index is 0.0340. The second-order valence-electron chi connectivity index (χ2n) is 7.60. The normalized spacial score (nSPS) is 22.7. The minimum atomic E-state index is -0.708. The second kappa shape index (κ2) is 7.31. The Hall–Kier alpha value is -3.23. The number of amides is 2. The number of nitrogens with zero attached hydrogens (tertiary/aromatic N) is 3. The average Bonchev–Trinajstić information content (AvgIpc) is 3.21. The number of nitrogens with one attached hydrogen (secondary N) is 2. The highest BCUT2D eigenvalue weighted by atomic mass is 16.2. The van der Waals surface area contributed by atoms with Crippen LogP contribution >= 0.6 is 0 Å². The van der Waals surface area contributed by atoms with E-state index in [-0.39, 0.29) is 42.3 Å². The number of hydrogen-bond acceptors (Lipinski definition) is 6. The molecule has 2 aliphatic heterocycles. The van der Waals surface area contributed by atoms with Gasteiger partial charge in [0.2, 0.25) is 17.8 Å². The summed E-state index contributed by atoms with van der Waals surface area (Å²) in [5, 5.41) is 10.4. The van der Waals surface area contributed by atoms with Crippen molar-refractivity contribution in [3.63, 3.8) is 0 Å². The van der Waals surface area contributed by atoms with Gasteiger partial charge in [-0.05, 0) is 24.5 Å². The number of H-pyrrole nitrogens is 1. The van der Waals surface area contributed by atoms with E-state index in [9.17, 15) is 14.4 Å². The Morgan fingerprint density at radius 2 is 2.10 bits per heavy atom. The molecule has 2 aliphatic rings. The monoisotopic (exact) mass is 396 g/mol. The number of aromatic nitrogens is 3. The predicted octanol–water partition coefficient (Wildman–Crippen LogP) is 0.971. The third-order valence-corrected chi connectivity index (χ3v) is 5.99. The van der Waals surface area contributed by atoms with Gasteiger partial charge in [-0.3, -0.25) is 19.4 Å². The van der Waals surface area contributed by atoms with Crippen LogP contribution in [0, 0.1) is 0 Å². The van der Waals surface area contributed by atoms with Crippen molar-refractivity contribution in [2.24, 2.45) is 0 Å². The molecule has 2 aromatic rings. The van der Waals surface area contributed by atoms with Crippen molar-refractivity contribution in [2.75, 3.05) is 17.6 Å². The first-order valence-corrected chi connectivity index (χ1v) is 9.89. The van der Waals surface area contributed by atoms with Crippen LogP contribution in [0.15, 0.2) is 29.1 Å². The Balaban J connectivity index is 1.57. The molecule has 1 spiro atoms. The number of anilines is 2. The molecule has 0 aliphatic carbocycles. The third-order valence-electron chi connectivity index (χ3n) is 5.99. The Morgan fingerprint density at radius 3 is 2.86 bits per heavy atom. The Bertz CT molecular complexity index is 1020. The van der Waals surface area contributed by atoms with Crippen molar-refractivity contribution in [3.05, 3.63) is 45.9 Å². The van der Waals surface area contributed by atoms with E-state index >= 15 is 0 Å². The molecule has 152 valence electrons. The maximum absolute atomic E-state index is 13.0. The number of carbonyl (C=O) groups excluding carboxylic acids is 2. The molecular weight excluding hydrogens is 372 g/mol. The van der Waals surface area contributed by atoms with Gasteiger partial charge in [0.15, 0.2) is 0 Å². The van der Waals surface area contributed by atoms with E-state index in [4.69, 9.17) is 5.73 Å². The van der Waals surface area contributed by atoms with E-state index in [0.717, 1.165) is 24.1 Å². The summed E-state index contributed by atoms with van der Waals surface area (Å²) in [4.78, 5) is 42.2. The van der Waals surface area contributed by atoms with Gasteiger partial charge in [0.25, 0.3) is 5.56 Å². The summed E-state index contributed by atoms with van der Waals surface area (Å²) in [5.74, 6) is -0.177. The first-order chi connectivity index (χ1) is 14.0. The highest BCUT2D eigenvalue weighted by molar-refractivity contribution is 6.07. The minimum Gasteiger partial charge on any atom is -0.368 e. The van der Waals surface area contributed by atoms with Crippen LogP contribution in [0.4, 0.5) is 11.6 Å². The summed E-state index contributed by atoms with van der Waals surface area (Å²) in [6.07, 6.45) is 2.48. The van der Waals surface area contributed by atoms with Crippen molar-refractivity contribution in [1.29, 1.82) is 0 Å². The highest BCUT2D eigenvalue weighted by Crippen LogP contribution is 2.49. The van der Waals surface area contributed by atoms with Gasteiger partial charge in [-0.1, -0.05) is 31.5 Å². The lowest BCUT2D eigenvalue weighted by atomic mass is 9.73. The zero-order chi connectivity index (χ0) is 20.6. The zero-order valence-corrected chi connectivity index (χ0v) is 16.3. The smallest absolute Gasteiger partial charge is 0.274 e. The topological polar surface area (TPSA) is 134 Å². The summed E-state index contributed by atoms with van der Waals surface area (Å²) in [6, 6.07) is 7.50. The van der Waals surface area contributed by atoms with E-state index in [2.05, 4.69) is 27.4 Å². The number of hydrogen-bond donors (Lipinski definition) is 3. The van der Waals surface area contributed by atoms with Crippen molar-refractivity contribution in [3.8, 4) is 0 Å². The number of benzene rings is 1. The molecule has 0 unspecified atom stereocenters. The fraction of sp³-hybridized carbons (Fsp3) is 0.450. The molecular formula is C20H24N6O3. The number of aryl methyl sites for hydroxylation is 1. The molecule has 1 saturated heterocycles. The van der Waals surface area contributed by atoms with Crippen LogP contribution in [-0.2, 0) is 21.4 Å². The van der Waals surface area contributed by atoms with Gasteiger partial charge in [-0.15, -0.1) is 10.2 Å². The van der Waals surface area contributed by atoms with E-state index in [0.29, 0.717) is 13.0 Å². The Morgan fingerprint density at radius 1 is 1.31 bits per heavy atom. The van der Waals surface area contributed by atoms with Crippen molar-refractivity contribution in [2.45, 2.75) is 50.5 Å². The largest absolute Gasteiger partial charge is 0.368 e. The molecule has 0 radical (unpaired) electrons. The van der Waals surface area contributed by atoms with Crippen LogP contribution in [-0.4, -0.2) is 44.5 Å². The maximum Gasteiger partial charge on any atom is 0.274 e. The average molecular weight is 396 g/mol. The lowest BCUT2D eigenvalue weighted by molar-refractivity contribution is -0.133. The van der Waals surface area contributed by atoms with Crippen molar-refractivity contribution >= 4 is 23.5 Å². The van der Waals surface area contributed by atoms with Crippen LogP contribution in [0.5, 0.6) is 0 Å². The zero-order valence-electron chi connectivity index (χ0n) is 16.3. The summed E-state index contributed by atoms with van der Waals surface area (Å²) in [5.41, 5.74) is 6.25. The molecule has 0 saturated carbocycles. The third kappa shape index (κ3) is 3.06. The number of nitrogen functional groups attached to an aromatic ring is 1. The van der Waals surface area contributed by atoms with Crippen LogP contribution < -0.4 is 16.6 Å². The van der Waals surface area contributed by atoms with Crippen LogP contribution in [0.25, 0.3) is 0 Å². The number of carbonyl (C=O) groups is 2. The first kappa shape index (κ1) is 19.1. The van der Waals surface area contributed by atoms with Gasteiger partial charge in [0.1, 0.15) is 5.69 Å². The van der Waals surface area contributed by atoms with Crippen LogP contribution in [0.2, 0.25) is 0 Å². The van der Waals surface area contributed by atoms with E-state index in [1.54, 1.807) is 0 Å². The fourth-order valence-corrected chi connectivity index (χ4v) is 4.68. The first-order valence-electron chi connectivity index (χ1n) is 9.89. The maximum atomic E-state index is 13.0. The lowest BCUT2D eigenvalue weighted by Crippen LogP contribution is -2.48. The molecule has 3 heterocycles. The number of fused-ring (bicyclic) bond motifs is 2. The van der Waals surface area contributed by atoms with E-state index in [1.807, 2.05) is 29.2 Å². The van der Waals surface area contributed by atoms with Gasteiger partial charge in [0, 0.05) is 25.1 Å². The molecule has 2 amide bonds. The van der Waals surface area contributed by atoms with Gasteiger partial charge in [0.05, 0.1) is 11.5 Å². The molecule has 29 heavy (non-hydrogen) atoms. The summed E-state index contributed by atoms with van der Waals surface area (Å²) in [7, 11) is 0. The summed E-state index contributed by atoms with van der Waals surface area (Å²) in [6.45, 7) is 2.56. The molecule has 0 bridgehead atoms. The quantitative estimate of drug-likeness (QED) is 0.689. The van der Waals surface area contributed by atoms with Crippen molar-refractivity contribution in [1.82, 2.24) is 20.1 Å². The molecule has 2 atom stereocenters. The van der Waals surface area contributed by atoms with Gasteiger partial charge < -0.3 is 16.0 Å². The number of aromatic amines is 1. The highest BCUT2D eigenvalue weighted by Gasteiger charge is 2.58. The lowest BCUT2D eigenvalue weighted by Gasteiger charge is -2.34. The number of rotatable bonds is 5. The molecule has 1 aromatic carbocycles. The van der Waals surface area contributed by atoms with Gasteiger partial charge in [-0.2, -0.15) is 0 Å². The summed E-state index contributed by atoms with van der Waals surface area (Å²) < 4.78 is 0. The molecule has 4 N–H and O–H groups in total. The number of para-hydroxylation sites is 1. The number of nitrogens with two attached hydrogens (primary N) is 1. The van der Waals surface area contributed by atoms with Gasteiger partial charge in [-0.25, -0.2) is 0 Å². The Labute approximate surface area is 167 Å². The summed E-state index contributed by atoms with van der Waals surface area (Å²) >= 11 is 0. The SMILES string of the molecule is CCC[C@@H]1N(C(=O)CCc2nnc(N)[nH]c2=O)CC[C@@]12C(=O)Nc1ccccc12. The fourth-order valence-electron chi connectivity index (χ4n) is 4.68. The standard InChI is InChI=1S/C20H24N6O3/c1-2-5-15-20(12-6-3-4-7-13(12)22-18(20)29)10-11-26(15)16(27)9-8-14-17(28)23-19(21)25-24-14/h3-4,6-7,15H,2,5,8-11H2,1H3,(H,22,29)(H3,21,23,25,28)/t15-,20-/m0/s1.